The second-order valence-electron chi connectivity index (χ2n) is 9.01. The van der Waals surface area contributed by atoms with E-state index in [0.717, 1.165) is 43.9 Å². The number of carbonyl (C=O) groups excluding carboxylic acids is 1. The molecule has 2 unspecified atom stereocenters. The van der Waals surface area contributed by atoms with Gasteiger partial charge in [-0.1, -0.05) is 24.3 Å². The predicted molar refractivity (Wildman–Crippen MR) is 118 cm³/mol. The van der Waals surface area contributed by atoms with Crippen LogP contribution in [0.5, 0.6) is 5.75 Å². The molecular weight excluding hydrogens is 417 g/mol. The minimum absolute atomic E-state index is 0.407. The molecule has 2 aromatic carbocycles. The summed E-state index contributed by atoms with van der Waals surface area (Å²) < 4.78 is 43.9. The Kier molecular flexibility index (Phi) is 6.35. The van der Waals surface area contributed by atoms with E-state index in [2.05, 4.69) is 22.3 Å². The molecule has 0 aromatic heterocycles. The molecule has 1 saturated heterocycles. The molecule has 7 heteroatoms. The zero-order chi connectivity index (χ0) is 22.9. The first-order chi connectivity index (χ1) is 15.2. The number of hydrogen-bond donors (Lipinski definition) is 1. The molecule has 172 valence electrons. The van der Waals surface area contributed by atoms with E-state index in [1.54, 1.807) is 6.92 Å². The first kappa shape index (κ1) is 22.5. The summed E-state index contributed by atoms with van der Waals surface area (Å²) in [5.41, 5.74) is 3.15. The fourth-order valence-corrected chi connectivity index (χ4v) is 3.78. The number of hydrogen-bond acceptors (Lipinski definition) is 3. The average molecular weight is 447 g/mol. The van der Waals surface area contributed by atoms with E-state index >= 15 is 0 Å². The van der Waals surface area contributed by atoms with E-state index in [1.807, 2.05) is 36.4 Å². The number of anilines is 1. The Labute approximate surface area is 186 Å². The van der Waals surface area contributed by atoms with Gasteiger partial charge in [0, 0.05) is 24.7 Å². The highest BCUT2D eigenvalue weighted by molar-refractivity contribution is 5.79. The first-order valence-corrected chi connectivity index (χ1v) is 11.2. The molecule has 1 aliphatic carbocycles. The van der Waals surface area contributed by atoms with Gasteiger partial charge in [0.25, 0.3) is 0 Å². The molecule has 32 heavy (non-hydrogen) atoms. The van der Waals surface area contributed by atoms with Gasteiger partial charge in [-0.25, -0.2) is 0 Å². The molecule has 0 radical (unpaired) electrons. The summed E-state index contributed by atoms with van der Waals surface area (Å²) in [6.07, 6.45) is -1.98. The van der Waals surface area contributed by atoms with Gasteiger partial charge < -0.3 is 15.0 Å². The first-order valence-electron chi connectivity index (χ1n) is 11.2. The lowest BCUT2D eigenvalue weighted by Gasteiger charge is -2.41. The normalized spacial score (nSPS) is 18.6. The van der Waals surface area contributed by atoms with Crippen LogP contribution in [0.1, 0.15) is 49.8 Å². The number of carbonyl (C=O) groups is 1. The number of alkyl halides is 3. The van der Waals surface area contributed by atoms with Gasteiger partial charge in [-0.3, -0.25) is 4.79 Å². The smallest absolute Gasteiger partial charge is 0.400 e. The van der Waals surface area contributed by atoms with E-state index in [0.29, 0.717) is 5.92 Å². The summed E-state index contributed by atoms with van der Waals surface area (Å²) in [5, 5.41) is 2.45. The summed E-state index contributed by atoms with van der Waals surface area (Å²) >= 11 is 0. The lowest BCUT2D eigenvalue weighted by Crippen LogP contribution is -2.45. The maximum Gasteiger partial charge on any atom is 0.400 e. The van der Waals surface area contributed by atoms with Crippen LogP contribution < -0.4 is 15.0 Å². The van der Waals surface area contributed by atoms with Crippen LogP contribution >= 0.6 is 0 Å². The highest BCUT2D eigenvalue weighted by Gasteiger charge is 2.41. The summed E-state index contributed by atoms with van der Waals surface area (Å²) in [7, 11) is 0. The van der Waals surface area contributed by atoms with Crippen LogP contribution in [-0.2, 0) is 4.79 Å². The molecule has 4 rings (SSSR count). The van der Waals surface area contributed by atoms with Crippen molar-refractivity contribution < 1.29 is 22.7 Å². The molecule has 1 amide bonds. The monoisotopic (exact) mass is 446 g/mol. The number of ether oxygens (including phenoxy) is 1. The molecular formula is C25H29F3N2O2. The fourth-order valence-electron chi connectivity index (χ4n) is 3.78. The van der Waals surface area contributed by atoms with Crippen LogP contribution in [0.25, 0.3) is 0 Å². The zero-order valence-electron chi connectivity index (χ0n) is 18.4. The van der Waals surface area contributed by atoms with Gasteiger partial charge in [-0.15, -0.1) is 0 Å². The van der Waals surface area contributed by atoms with Crippen LogP contribution in [0.15, 0.2) is 48.5 Å². The Morgan fingerprint density at radius 3 is 2.25 bits per heavy atom. The van der Waals surface area contributed by atoms with E-state index in [-0.39, 0.29) is 0 Å². The van der Waals surface area contributed by atoms with Crippen LogP contribution in [0.4, 0.5) is 18.9 Å². The molecule has 0 spiro atoms. The zero-order valence-corrected chi connectivity index (χ0v) is 18.4. The molecule has 1 N–H and O–H groups in total. The van der Waals surface area contributed by atoms with Gasteiger partial charge in [-0.05, 0) is 68.0 Å². The van der Waals surface area contributed by atoms with Crippen molar-refractivity contribution in [3.05, 3.63) is 59.7 Å². The Bertz CT molecular complexity index is 918. The number of amides is 1. The second kappa shape index (κ2) is 9.04. The Hall–Kier alpha value is -2.70. The lowest BCUT2D eigenvalue weighted by atomic mass is 9.90. The van der Waals surface area contributed by atoms with Crippen molar-refractivity contribution in [2.45, 2.75) is 44.8 Å². The molecule has 1 saturated carbocycles. The van der Waals surface area contributed by atoms with Crippen molar-refractivity contribution in [3.8, 4) is 5.75 Å². The number of rotatable bonds is 8. The topological polar surface area (TPSA) is 41.6 Å². The van der Waals surface area contributed by atoms with Crippen LogP contribution in [0.3, 0.4) is 0 Å². The van der Waals surface area contributed by atoms with E-state index in [1.165, 1.54) is 24.1 Å². The van der Waals surface area contributed by atoms with Gasteiger partial charge in [0.2, 0.25) is 5.91 Å². The Balaban J connectivity index is 1.26. The SMILES string of the molecule is CC(NC(=O)C(C)C(F)(F)F)c1ccc(C2CN(c3ccc(OCC4CC4)cc3)C2)cc1. The minimum atomic E-state index is -4.53. The van der Waals surface area contributed by atoms with Gasteiger partial charge in [0.05, 0.1) is 12.6 Å². The largest absolute Gasteiger partial charge is 0.493 e. The summed E-state index contributed by atoms with van der Waals surface area (Å²) in [5.74, 6) is -0.972. The third-order valence-electron chi connectivity index (χ3n) is 6.42. The highest BCUT2D eigenvalue weighted by Crippen LogP contribution is 2.34. The third-order valence-corrected chi connectivity index (χ3v) is 6.42. The average Bonchev–Trinajstić information content (AvgIpc) is 3.56. The third kappa shape index (κ3) is 5.37. The summed E-state index contributed by atoms with van der Waals surface area (Å²) in [6.45, 7) is 5.21. The molecule has 2 atom stereocenters. The molecule has 2 aromatic rings. The van der Waals surface area contributed by atoms with Gasteiger partial charge in [-0.2, -0.15) is 13.2 Å². The van der Waals surface area contributed by atoms with E-state index in [4.69, 9.17) is 4.74 Å². The predicted octanol–water partition coefficient (Wildman–Crippen LogP) is 5.45. The van der Waals surface area contributed by atoms with Crippen molar-refractivity contribution in [2.75, 3.05) is 24.6 Å². The van der Waals surface area contributed by atoms with E-state index in [9.17, 15) is 18.0 Å². The van der Waals surface area contributed by atoms with Crippen molar-refractivity contribution in [1.29, 1.82) is 0 Å². The highest BCUT2D eigenvalue weighted by atomic mass is 19.4. The number of benzene rings is 2. The Morgan fingerprint density at radius 2 is 1.69 bits per heavy atom. The quantitative estimate of drug-likeness (QED) is 0.586. The minimum Gasteiger partial charge on any atom is -0.493 e. The van der Waals surface area contributed by atoms with Crippen molar-refractivity contribution in [3.63, 3.8) is 0 Å². The molecule has 2 aliphatic rings. The fraction of sp³-hybridized carbons (Fsp3) is 0.480. The number of nitrogens with one attached hydrogen (secondary N) is 1. The molecule has 2 fully saturated rings. The van der Waals surface area contributed by atoms with Gasteiger partial charge in [0.1, 0.15) is 11.7 Å². The van der Waals surface area contributed by atoms with Crippen LogP contribution in [0, 0.1) is 11.8 Å². The van der Waals surface area contributed by atoms with E-state index < -0.39 is 24.0 Å². The summed E-state index contributed by atoms with van der Waals surface area (Å²) in [4.78, 5) is 14.1. The maximum absolute atomic E-state index is 12.7. The van der Waals surface area contributed by atoms with Crippen molar-refractivity contribution in [2.24, 2.45) is 11.8 Å². The molecule has 4 nitrogen and oxygen atoms in total. The van der Waals surface area contributed by atoms with Gasteiger partial charge >= 0.3 is 6.18 Å². The van der Waals surface area contributed by atoms with Crippen LogP contribution in [-0.4, -0.2) is 31.8 Å². The maximum atomic E-state index is 12.7. The molecule has 1 aliphatic heterocycles. The number of nitrogens with zero attached hydrogens (tertiary/aromatic N) is 1. The standard InChI is InChI=1S/C25H29F3N2O2/c1-16(25(26,27)28)24(31)29-17(2)19-5-7-20(8-6-19)21-13-30(14-21)22-9-11-23(12-10-22)32-15-18-3-4-18/h5-12,16-18,21H,3-4,13-15H2,1-2H3,(H,29,31). The lowest BCUT2D eigenvalue weighted by molar-refractivity contribution is -0.179. The second-order valence-corrected chi connectivity index (χ2v) is 9.01. The van der Waals surface area contributed by atoms with Crippen molar-refractivity contribution in [1.82, 2.24) is 5.32 Å². The van der Waals surface area contributed by atoms with Gasteiger partial charge in [0.15, 0.2) is 0 Å². The molecule has 0 bridgehead atoms. The number of halogens is 3. The Morgan fingerprint density at radius 1 is 1.06 bits per heavy atom. The van der Waals surface area contributed by atoms with Crippen molar-refractivity contribution >= 4 is 11.6 Å². The molecule has 1 heterocycles. The van der Waals surface area contributed by atoms with Crippen LogP contribution in [0.2, 0.25) is 0 Å². The summed E-state index contributed by atoms with van der Waals surface area (Å²) in [6, 6.07) is 15.5.